The molecule has 0 saturated heterocycles. The second kappa shape index (κ2) is 5.91. The molecule has 0 aromatic heterocycles. The van der Waals surface area contributed by atoms with Gasteiger partial charge in [0.05, 0.1) is 5.33 Å². The van der Waals surface area contributed by atoms with Crippen LogP contribution >= 0.6 is 15.9 Å². The minimum atomic E-state index is -0.901. The lowest BCUT2D eigenvalue weighted by atomic mass is 9.55. The molecule has 5 atom stereocenters. The third-order valence-corrected chi connectivity index (χ3v) is 7.89. The minimum Gasteiger partial charge on any atom is -0.381 e. The first-order valence-corrected chi connectivity index (χ1v) is 10.3. The van der Waals surface area contributed by atoms with Gasteiger partial charge in [-0.2, -0.15) is 0 Å². The topological polar surface area (TPSA) is 54.4 Å². The lowest BCUT2D eigenvalue weighted by Crippen LogP contribution is -2.42. The number of hydrogen-bond donors (Lipinski definition) is 1. The molecule has 0 aromatic carbocycles. The predicted molar refractivity (Wildman–Crippen MR) is 95.8 cm³/mol. The predicted octanol–water partition coefficient (Wildman–Crippen LogP) is 3.74. The molecule has 2 saturated carbocycles. The van der Waals surface area contributed by atoms with Crippen molar-refractivity contribution >= 4 is 27.5 Å². The zero-order valence-corrected chi connectivity index (χ0v) is 15.8. The van der Waals surface area contributed by atoms with Gasteiger partial charge in [0.15, 0.2) is 5.78 Å². The Morgan fingerprint density at radius 1 is 1.33 bits per heavy atom. The van der Waals surface area contributed by atoms with Gasteiger partial charge >= 0.3 is 0 Å². The molecule has 4 heteroatoms. The van der Waals surface area contributed by atoms with E-state index in [1.165, 1.54) is 16.7 Å². The molecule has 3 nitrogen and oxygen atoms in total. The third kappa shape index (κ3) is 2.33. The van der Waals surface area contributed by atoms with Crippen molar-refractivity contribution in [2.24, 2.45) is 23.2 Å². The van der Waals surface area contributed by atoms with Crippen molar-refractivity contribution in [3.05, 3.63) is 22.8 Å². The molecular weight excluding hydrogens is 368 g/mol. The normalized spacial score (nSPS) is 41.5. The van der Waals surface area contributed by atoms with Crippen LogP contribution in [0.3, 0.4) is 0 Å². The molecule has 130 valence electrons. The molecule has 0 radical (unpaired) electrons. The highest BCUT2D eigenvalue weighted by Gasteiger charge is 2.55. The smallest absolute Gasteiger partial charge is 0.169 e. The summed E-state index contributed by atoms with van der Waals surface area (Å²) in [7, 11) is 0. The van der Waals surface area contributed by atoms with E-state index in [0.717, 1.165) is 38.5 Å². The van der Waals surface area contributed by atoms with Gasteiger partial charge in [0, 0.05) is 12.3 Å². The van der Waals surface area contributed by atoms with Gasteiger partial charge in [0.25, 0.3) is 0 Å². The van der Waals surface area contributed by atoms with Gasteiger partial charge in [-0.1, -0.05) is 28.4 Å². The van der Waals surface area contributed by atoms with E-state index in [0.29, 0.717) is 29.4 Å². The highest BCUT2D eigenvalue weighted by atomic mass is 79.9. The van der Waals surface area contributed by atoms with E-state index in [-0.39, 0.29) is 17.1 Å². The van der Waals surface area contributed by atoms with Crippen molar-refractivity contribution in [1.29, 1.82) is 0 Å². The SMILES string of the molecule is C[C@]12CCC3=C4CC(=O)C(O)C=C4CC[C@H]3[C@@H]1CC[C@@H]2C(=O)CBr. The highest BCUT2D eigenvalue weighted by molar-refractivity contribution is 9.09. The molecular formula is C20H25BrO3. The Morgan fingerprint density at radius 3 is 2.88 bits per heavy atom. The summed E-state index contributed by atoms with van der Waals surface area (Å²) in [6.45, 7) is 2.33. The maximum absolute atomic E-state index is 12.4. The Bertz CT molecular complexity index is 662. The minimum absolute atomic E-state index is 0.0611. The van der Waals surface area contributed by atoms with Crippen molar-refractivity contribution in [3.63, 3.8) is 0 Å². The summed E-state index contributed by atoms with van der Waals surface area (Å²) in [6, 6.07) is 0. The van der Waals surface area contributed by atoms with Crippen LogP contribution in [-0.4, -0.2) is 28.1 Å². The molecule has 0 aliphatic heterocycles. The first-order chi connectivity index (χ1) is 11.5. The van der Waals surface area contributed by atoms with Gasteiger partial charge < -0.3 is 5.11 Å². The summed E-state index contributed by atoms with van der Waals surface area (Å²) in [5, 5.41) is 10.3. The average Bonchev–Trinajstić information content (AvgIpc) is 2.92. The van der Waals surface area contributed by atoms with Gasteiger partial charge in [-0.3, -0.25) is 9.59 Å². The Morgan fingerprint density at radius 2 is 2.12 bits per heavy atom. The number of hydrogen-bond acceptors (Lipinski definition) is 3. The summed E-state index contributed by atoms with van der Waals surface area (Å²) >= 11 is 3.36. The molecule has 24 heavy (non-hydrogen) atoms. The molecule has 0 amide bonds. The zero-order chi connectivity index (χ0) is 17.1. The monoisotopic (exact) mass is 392 g/mol. The number of ketones is 2. The van der Waals surface area contributed by atoms with Crippen molar-refractivity contribution < 1.29 is 14.7 Å². The van der Waals surface area contributed by atoms with Gasteiger partial charge in [0.2, 0.25) is 0 Å². The van der Waals surface area contributed by atoms with Crippen molar-refractivity contribution in [2.75, 3.05) is 5.33 Å². The fourth-order valence-electron chi connectivity index (χ4n) is 6.13. The van der Waals surface area contributed by atoms with Crippen LogP contribution in [-0.2, 0) is 9.59 Å². The Hall–Kier alpha value is -0.740. The number of carbonyl (C=O) groups is 2. The Balaban J connectivity index is 1.69. The zero-order valence-electron chi connectivity index (χ0n) is 14.2. The first-order valence-electron chi connectivity index (χ1n) is 9.18. The molecule has 1 unspecified atom stereocenters. The Labute approximate surface area is 151 Å². The van der Waals surface area contributed by atoms with Crippen LogP contribution in [0.25, 0.3) is 0 Å². The molecule has 4 rings (SSSR count). The van der Waals surface area contributed by atoms with Crippen LogP contribution in [0.5, 0.6) is 0 Å². The molecule has 4 aliphatic carbocycles. The van der Waals surface area contributed by atoms with Crippen molar-refractivity contribution in [3.8, 4) is 0 Å². The lowest BCUT2D eigenvalue weighted by molar-refractivity contribution is -0.124. The summed E-state index contributed by atoms with van der Waals surface area (Å²) in [4.78, 5) is 24.4. The van der Waals surface area contributed by atoms with Gasteiger partial charge in [-0.15, -0.1) is 0 Å². The maximum Gasteiger partial charge on any atom is 0.169 e. The summed E-state index contributed by atoms with van der Waals surface area (Å²) in [5.41, 5.74) is 4.04. The molecule has 4 aliphatic rings. The number of Topliss-reactive ketones (excluding diaryl/α,β-unsaturated/α-hetero) is 2. The molecule has 0 spiro atoms. The molecule has 2 fully saturated rings. The second-order valence-electron chi connectivity index (χ2n) is 8.27. The number of halogens is 1. The molecule has 0 aromatic rings. The van der Waals surface area contributed by atoms with E-state index in [1.807, 2.05) is 0 Å². The fraction of sp³-hybridized carbons (Fsp3) is 0.700. The van der Waals surface area contributed by atoms with Crippen LogP contribution in [0.2, 0.25) is 0 Å². The van der Waals surface area contributed by atoms with Crippen LogP contribution < -0.4 is 0 Å². The maximum atomic E-state index is 12.4. The first kappa shape index (κ1) is 16.7. The van der Waals surface area contributed by atoms with Crippen molar-refractivity contribution in [2.45, 2.75) is 58.0 Å². The number of allylic oxidation sites excluding steroid dienone is 3. The summed E-state index contributed by atoms with van der Waals surface area (Å²) < 4.78 is 0. The second-order valence-corrected chi connectivity index (χ2v) is 8.83. The number of aliphatic hydroxyl groups excluding tert-OH is 1. The standard InChI is InChI=1S/C20H25BrO3/c1-20-7-6-12-13(15(20)4-5-16(20)19(24)10-21)3-2-11-8-17(22)18(23)9-14(11)12/h8,13,15-17,22H,2-7,9-10H2,1H3/t13-,15+,16-,17?,20+/m1/s1. The van der Waals surface area contributed by atoms with E-state index >= 15 is 0 Å². The molecule has 0 bridgehead atoms. The summed E-state index contributed by atoms with van der Waals surface area (Å²) in [6.07, 6.45) is 7.60. The lowest BCUT2D eigenvalue weighted by Gasteiger charge is -2.49. The van der Waals surface area contributed by atoms with Gasteiger partial charge in [-0.05, 0) is 73.0 Å². The highest BCUT2D eigenvalue weighted by Crippen LogP contribution is 2.62. The quantitative estimate of drug-likeness (QED) is 0.728. The van der Waals surface area contributed by atoms with Crippen LogP contribution in [0.15, 0.2) is 22.8 Å². The number of alkyl halides is 1. The third-order valence-electron chi connectivity index (χ3n) is 7.34. The number of carbonyl (C=O) groups excluding carboxylic acids is 2. The van der Waals surface area contributed by atoms with Crippen molar-refractivity contribution in [1.82, 2.24) is 0 Å². The number of fused-ring (bicyclic) bond motifs is 4. The van der Waals surface area contributed by atoms with E-state index in [1.54, 1.807) is 6.08 Å². The van der Waals surface area contributed by atoms with E-state index in [2.05, 4.69) is 22.9 Å². The molecule has 1 N–H and O–H groups in total. The average molecular weight is 393 g/mol. The number of rotatable bonds is 2. The van der Waals surface area contributed by atoms with Crippen LogP contribution in [0, 0.1) is 23.2 Å². The Kier molecular flexibility index (Phi) is 4.12. The number of aliphatic hydroxyl groups is 1. The van der Waals surface area contributed by atoms with E-state index in [9.17, 15) is 14.7 Å². The summed E-state index contributed by atoms with van der Waals surface area (Å²) in [5.74, 6) is 1.61. The van der Waals surface area contributed by atoms with Gasteiger partial charge in [-0.25, -0.2) is 0 Å². The van der Waals surface area contributed by atoms with Crippen LogP contribution in [0.4, 0.5) is 0 Å². The van der Waals surface area contributed by atoms with E-state index < -0.39 is 6.10 Å². The largest absolute Gasteiger partial charge is 0.381 e. The molecule has 0 heterocycles. The van der Waals surface area contributed by atoms with Crippen LogP contribution in [0.1, 0.15) is 51.9 Å². The van der Waals surface area contributed by atoms with Gasteiger partial charge in [0.1, 0.15) is 11.9 Å². The fourth-order valence-corrected chi connectivity index (χ4v) is 6.52. The van der Waals surface area contributed by atoms with E-state index in [4.69, 9.17) is 0 Å².